The summed E-state index contributed by atoms with van der Waals surface area (Å²) >= 11 is 0. The van der Waals surface area contributed by atoms with Crippen LogP contribution in [0.25, 0.3) is 11.1 Å². The van der Waals surface area contributed by atoms with Crippen molar-refractivity contribution in [2.24, 2.45) is 0 Å². The van der Waals surface area contributed by atoms with Crippen LogP contribution in [0.4, 0.5) is 0 Å². The maximum absolute atomic E-state index is 4.12. The van der Waals surface area contributed by atoms with Crippen LogP contribution in [0.3, 0.4) is 0 Å². The molecule has 4 aliphatic carbocycles. The molecule has 0 heterocycles. The summed E-state index contributed by atoms with van der Waals surface area (Å²) < 4.78 is 0. The fourth-order valence-electron chi connectivity index (χ4n) is 8.17. The normalized spacial score (nSPS) is 14.9. The summed E-state index contributed by atoms with van der Waals surface area (Å²) in [6.07, 6.45) is 23.5. The second-order valence-corrected chi connectivity index (χ2v) is 16.4. The van der Waals surface area contributed by atoms with Crippen molar-refractivity contribution in [1.29, 1.82) is 0 Å². The molecule has 8 rings (SSSR count). The van der Waals surface area contributed by atoms with E-state index in [0.717, 1.165) is 55.2 Å². The van der Waals surface area contributed by atoms with E-state index in [1.807, 2.05) is 0 Å². The molecule has 4 aliphatic rings. The Morgan fingerprint density at radius 3 is 1.33 bits per heavy atom. The summed E-state index contributed by atoms with van der Waals surface area (Å²) in [5, 5.41) is 0. The van der Waals surface area contributed by atoms with Gasteiger partial charge in [-0.15, -0.1) is 71.5 Å². The van der Waals surface area contributed by atoms with Crippen LogP contribution in [0.15, 0.2) is 95.1 Å². The Morgan fingerprint density at radius 2 is 0.850 bits per heavy atom. The van der Waals surface area contributed by atoms with Gasteiger partial charge in [-0.1, -0.05) is 101 Å². The molecular weight excluding hydrogens is 1030 g/mol. The zero-order valence-corrected chi connectivity index (χ0v) is 48.7. The van der Waals surface area contributed by atoms with Gasteiger partial charge in [0.1, 0.15) is 0 Å². The van der Waals surface area contributed by atoms with Crippen molar-refractivity contribution in [3.63, 3.8) is 0 Å². The maximum atomic E-state index is 4.12. The van der Waals surface area contributed by atoms with Crippen LogP contribution in [-0.2, 0) is 144 Å². The van der Waals surface area contributed by atoms with Crippen molar-refractivity contribution in [3.05, 3.63) is 216 Å². The van der Waals surface area contributed by atoms with Crippen LogP contribution < -0.4 is 0 Å². The molecule has 4 aromatic carbocycles. The Kier molecular flexibility index (Phi) is 27.9. The van der Waals surface area contributed by atoms with Gasteiger partial charge in [0.15, 0.2) is 0 Å². The molecule has 4 aromatic rings. The summed E-state index contributed by atoms with van der Waals surface area (Å²) in [6.45, 7) is 33.0. The fraction of sp³-hybridized carbons (Fsp3) is 0.321. The molecule has 0 amide bonds. The van der Waals surface area contributed by atoms with Gasteiger partial charge in [0, 0.05) is 131 Å². The third kappa shape index (κ3) is 17.8. The standard InChI is InChI=1S/4C14H16.4Y/c1-10-7-8-14(12(3)9-10)13-6-4-5-11(13)2;1-10-7-8-12(3)14(9-10)13-6-4-5-11(13)2;1-11-7-8-14(12(2)9-11)10-13-5-3-4-6-13;1-11-7-8-12(2)14(9-11)10-13-5-3-4-6-13;;;;/h2*7-9H,2-6H2,1H3;2*7-9H,2-5,10H2,1H3;;;;/q4*-2;;;;. The number of rotatable bonds is 6. The first-order valence-electron chi connectivity index (χ1n) is 20.8. The van der Waals surface area contributed by atoms with Crippen LogP contribution in [0.5, 0.6) is 0 Å². The smallest absolute Gasteiger partial charge is 0 e. The quantitative estimate of drug-likeness (QED) is 0.169. The topological polar surface area (TPSA) is 0 Å². The molecule has 0 aliphatic heterocycles. The number of aryl methyl sites for hydroxylation is 4. The third-order valence-electron chi connectivity index (χ3n) is 11.4. The van der Waals surface area contributed by atoms with E-state index in [4.69, 9.17) is 0 Å². The minimum Gasteiger partial charge on any atom is -0.498 e. The molecule has 308 valence electrons. The maximum Gasteiger partial charge on any atom is 0 e. The molecule has 60 heavy (non-hydrogen) atoms. The van der Waals surface area contributed by atoms with Gasteiger partial charge in [-0.3, -0.25) is 11.1 Å². The Hall–Kier alpha value is -0.524. The third-order valence-corrected chi connectivity index (χ3v) is 11.4. The molecule has 0 fully saturated rings. The van der Waals surface area contributed by atoms with Crippen molar-refractivity contribution in [1.82, 2.24) is 0 Å². The Balaban J connectivity index is 0.000000391. The first-order valence-corrected chi connectivity index (χ1v) is 20.8. The molecule has 0 N–H and O–H groups in total. The Labute approximate surface area is 468 Å². The van der Waals surface area contributed by atoms with Crippen molar-refractivity contribution < 1.29 is 131 Å². The predicted molar refractivity (Wildman–Crippen MR) is 243 cm³/mol. The van der Waals surface area contributed by atoms with E-state index >= 15 is 0 Å². The summed E-state index contributed by atoms with van der Waals surface area (Å²) in [5.41, 5.74) is 23.6. The van der Waals surface area contributed by atoms with Crippen LogP contribution in [0.2, 0.25) is 0 Å². The SMILES string of the molecule is [CH2-]C1=C(c2cc(C)ccc2[CH2-])CCC1.[CH2-]C1=C(c2ccc(C)cc2[CH2-])CCC1.[CH2-]c1cc(C)ccc1CC1=[C-]CCC1.[CH2-]c1ccc(C)cc1CC1=[C-]CCC1.[Y].[Y].[Y].[Y]. The average Bonchev–Trinajstić information content (AvgIpc) is 4.01. The molecule has 0 bridgehead atoms. The van der Waals surface area contributed by atoms with Gasteiger partial charge in [-0.2, -0.15) is 75.9 Å². The molecule has 4 radical (unpaired) electrons. The van der Waals surface area contributed by atoms with Crippen molar-refractivity contribution >= 4 is 11.1 Å². The summed E-state index contributed by atoms with van der Waals surface area (Å²) in [5.74, 6) is 0. The van der Waals surface area contributed by atoms with Crippen LogP contribution in [-0.4, -0.2) is 0 Å². The fourth-order valence-corrected chi connectivity index (χ4v) is 8.17. The minimum absolute atomic E-state index is 0. The number of hydrogen-bond acceptors (Lipinski definition) is 0. The summed E-state index contributed by atoms with van der Waals surface area (Å²) in [6, 6.07) is 25.9. The van der Waals surface area contributed by atoms with Gasteiger partial charge in [0.25, 0.3) is 0 Å². The van der Waals surface area contributed by atoms with E-state index < -0.39 is 0 Å². The first kappa shape index (κ1) is 57.5. The average molecular weight is 1090 g/mol. The van der Waals surface area contributed by atoms with Crippen LogP contribution >= 0.6 is 0 Å². The largest absolute Gasteiger partial charge is 0.498 e. The number of benzene rings is 4. The van der Waals surface area contributed by atoms with Crippen molar-refractivity contribution in [3.8, 4) is 0 Å². The second-order valence-electron chi connectivity index (χ2n) is 16.4. The molecular formula is C56H64Y4-8. The summed E-state index contributed by atoms with van der Waals surface area (Å²) in [7, 11) is 0. The molecule has 0 spiro atoms. The van der Waals surface area contributed by atoms with Gasteiger partial charge in [-0.05, 0) is 13.8 Å². The first-order chi connectivity index (χ1) is 26.9. The predicted octanol–water partition coefficient (Wildman–Crippen LogP) is 15.2. The molecule has 0 aromatic heterocycles. The molecule has 0 atom stereocenters. The molecule has 0 saturated carbocycles. The van der Waals surface area contributed by atoms with Gasteiger partial charge < -0.3 is 12.2 Å². The zero-order valence-electron chi connectivity index (χ0n) is 37.4. The molecule has 0 unspecified atom stereocenters. The monoisotopic (exact) mass is 1090 g/mol. The minimum atomic E-state index is 0. The van der Waals surface area contributed by atoms with E-state index in [2.05, 4.69) is 154 Å². The van der Waals surface area contributed by atoms with Gasteiger partial charge in [0.05, 0.1) is 0 Å². The molecule has 4 heteroatoms. The van der Waals surface area contributed by atoms with Gasteiger partial charge in [0.2, 0.25) is 0 Å². The molecule has 0 nitrogen and oxygen atoms in total. The van der Waals surface area contributed by atoms with Crippen molar-refractivity contribution in [2.75, 3.05) is 0 Å². The Bertz CT molecular complexity index is 2110. The summed E-state index contributed by atoms with van der Waals surface area (Å²) in [4.78, 5) is 0. The second kappa shape index (κ2) is 29.1. The van der Waals surface area contributed by atoms with Gasteiger partial charge in [-0.25, -0.2) is 58.4 Å². The Morgan fingerprint density at radius 1 is 0.400 bits per heavy atom. The van der Waals surface area contributed by atoms with E-state index in [1.54, 1.807) is 0 Å². The number of allylic oxidation sites excluding steroid dienone is 8. The van der Waals surface area contributed by atoms with Crippen LogP contribution in [0.1, 0.15) is 144 Å². The zero-order chi connectivity index (χ0) is 40.2. The van der Waals surface area contributed by atoms with E-state index in [1.165, 1.54) is 135 Å². The van der Waals surface area contributed by atoms with Gasteiger partial charge >= 0.3 is 0 Å². The van der Waals surface area contributed by atoms with E-state index in [0.29, 0.717) is 0 Å². The molecule has 0 saturated heterocycles. The van der Waals surface area contributed by atoms with E-state index in [-0.39, 0.29) is 131 Å². The number of hydrogen-bond donors (Lipinski definition) is 0. The van der Waals surface area contributed by atoms with Crippen molar-refractivity contribution in [2.45, 2.75) is 118 Å². The van der Waals surface area contributed by atoms with Crippen LogP contribution in [0, 0.1) is 81.4 Å². The van der Waals surface area contributed by atoms with E-state index in [9.17, 15) is 0 Å².